The molecule has 1 fully saturated rings. The molecule has 6 nitrogen and oxygen atoms in total. The number of aromatic nitrogens is 1. The fourth-order valence-corrected chi connectivity index (χ4v) is 3.92. The third kappa shape index (κ3) is 3.44. The number of hydrogen-bond acceptors (Lipinski definition) is 5. The molecule has 2 N–H and O–H groups in total. The zero-order valence-corrected chi connectivity index (χ0v) is 11.2. The highest BCUT2D eigenvalue weighted by Crippen LogP contribution is 2.19. The van der Waals surface area contributed by atoms with Crippen molar-refractivity contribution in [3.05, 3.63) is 23.9 Å². The van der Waals surface area contributed by atoms with Gasteiger partial charge in [-0.1, -0.05) is 12.5 Å². The van der Waals surface area contributed by atoms with Gasteiger partial charge in [0.2, 0.25) is 0 Å². The number of nitrogens with zero attached hydrogens (tertiary/aromatic N) is 1. The van der Waals surface area contributed by atoms with E-state index in [0.717, 1.165) is 12.8 Å². The number of rotatable bonds is 4. The minimum atomic E-state index is -3.03. The Bertz CT molecular complexity index is 571. The van der Waals surface area contributed by atoms with Crippen LogP contribution in [0.15, 0.2) is 18.2 Å². The second kappa shape index (κ2) is 5.56. The summed E-state index contributed by atoms with van der Waals surface area (Å²) in [5.74, 6) is -0.475. The van der Waals surface area contributed by atoms with Crippen LogP contribution in [0.25, 0.3) is 0 Å². The number of anilines is 1. The molecule has 0 bridgehead atoms. The molecule has 0 aromatic carbocycles. The second-order valence-electron chi connectivity index (χ2n) is 4.58. The standard InChI is InChI=1S/C12H16N2O4S/c15-12(16)10-5-3-6-11(14-10)13-8-9-4-1-2-7-19(9,17)18/h3,5-6,9H,1-2,4,7-8H2,(H,13,14)(H,15,16). The van der Waals surface area contributed by atoms with E-state index in [0.29, 0.717) is 12.2 Å². The molecule has 2 rings (SSSR count). The Hall–Kier alpha value is -1.63. The number of carboxylic acid groups (broad SMARTS) is 1. The van der Waals surface area contributed by atoms with Crippen molar-refractivity contribution in [3.8, 4) is 0 Å². The summed E-state index contributed by atoms with van der Waals surface area (Å²) < 4.78 is 23.6. The largest absolute Gasteiger partial charge is 0.477 e. The Morgan fingerprint density at radius 2 is 2.21 bits per heavy atom. The molecule has 0 saturated carbocycles. The van der Waals surface area contributed by atoms with Gasteiger partial charge >= 0.3 is 5.97 Å². The van der Waals surface area contributed by atoms with Gasteiger partial charge in [0.25, 0.3) is 0 Å². The minimum Gasteiger partial charge on any atom is -0.477 e. The van der Waals surface area contributed by atoms with E-state index in [4.69, 9.17) is 5.11 Å². The monoisotopic (exact) mass is 284 g/mol. The molecule has 1 unspecified atom stereocenters. The Kier molecular flexibility index (Phi) is 4.04. The van der Waals surface area contributed by atoms with E-state index in [1.54, 1.807) is 12.1 Å². The molecule has 104 valence electrons. The lowest BCUT2D eigenvalue weighted by molar-refractivity contribution is 0.0690. The van der Waals surface area contributed by atoms with Gasteiger partial charge in [0.15, 0.2) is 15.5 Å². The van der Waals surface area contributed by atoms with Gasteiger partial charge in [-0.2, -0.15) is 0 Å². The number of aromatic carboxylic acids is 1. The van der Waals surface area contributed by atoms with Gasteiger partial charge in [-0.3, -0.25) is 0 Å². The first-order chi connectivity index (χ1) is 8.99. The van der Waals surface area contributed by atoms with Crippen molar-refractivity contribution >= 4 is 21.6 Å². The predicted molar refractivity (Wildman–Crippen MR) is 71.1 cm³/mol. The van der Waals surface area contributed by atoms with Crippen LogP contribution >= 0.6 is 0 Å². The Morgan fingerprint density at radius 1 is 1.42 bits per heavy atom. The van der Waals surface area contributed by atoms with Gasteiger partial charge in [-0.05, 0) is 25.0 Å². The van der Waals surface area contributed by atoms with E-state index in [2.05, 4.69) is 10.3 Å². The first kappa shape index (κ1) is 13.8. The van der Waals surface area contributed by atoms with E-state index in [9.17, 15) is 13.2 Å². The van der Waals surface area contributed by atoms with Gasteiger partial charge in [-0.15, -0.1) is 0 Å². The third-order valence-corrected chi connectivity index (χ3v) is 5.47. The van der Waals surface area contributed by atoms with Crippen molar-refractivity contribution in [1.82, 2.24) is 4.98 Å². The number of pyridine rings is 1. The molecule has 1 aromatic heterocycles. The lowest BCUT2D eigenvalue weighted by Crippen LogP contribution is -2.34. The molecular weight excluding hydrogens is 268 g/mol. The molecule has 0 aliphatic carbocycles. The van der Waals surface area contributed by atoms with Crippen molar-refractivity contribution in [1.29, 1.82) is 0 Å². The Balaban J connectivity index is 2.02. The second-order valence-corrected chi connectivity index (χ2v) is 6.98. The molecule has 19 heavy (non-hydrogen) atoms. The molecule has 7 heteroatoms. The first-order valence-corrected chi connectivity index (χ1v) is 7.86. The van der Waals surface area contributed by atoms with Crippen LogP contribution in [0.2, 0.25) is 0 Å². The van der Waals surface area contributed by atoms with E-state index in [1.165, 1.54) is 6.07 Å². The Labute approximate surface area is 111 Å². The smallest absolute Gasteiger partial charge is 0.354 e. The van der Waals surface area contributed by atoms with Gasteiger partial charge < -0.3 is 10.4 Å². The summed E-state index contributed by atoms with van der Waals surface area (Å²) in [4.78, 5) is 14.7. The van der Waals surface area contributed by atoms with Crippen LogP contribution in [0, 0.1) is 0 Å². The summed E-state index contributed by atoms with van der Waals surface area (Å²) >= 11 is 0. The maximum atomic E-state index is 11.8. The van der Waals surface area contributed by atoms with Gasteiger partial charge in [-0.25, -0.2) is 18.2 Å². The minimum absolute atomic E-state index is 0.0588. The van der Waals surface area contributed by atoms with Crippen molar-refractivity contribution in [2.45, 2.75) is 24.5 Å². The van der Waals surface area contributed by atoms with Crippen molar-refractivity contribution < 1.29 is 18.3 Å². The van der Waals surface area contributed by atoms with Gasteiger partial charge in [0.1, 0.15) is 5.82 Å². The van der Waals surface area contributed by atoms with Crippen molar-refractivity contribution in [2.75, 3.05) is 17.6 Å². The summed E-state index contributed by atoms with van der Waals surface area (Å²) in [5, 5.41) is 11.3. The number of nitrogens with one attached hydrogen (secondary N) is 1. The Morgan fingerprint density at radius 3 is 2.89 bits per heavy atom. The first-order valence-electron chi connectivity index (χ1n) is 6.15. The number of carbonyl (C=O) groups is 1. The summed E-state index contributed by atoms with van der Waals surface area (Å²) in [6, 6.07) is 4.60. The quantitative estimate of drug-likeness (QED) is 0.861. The molecule has 0 amide bonds. The highest BCUT2D eigenvalue weighted by Gasteiger charge is 2.28. The predicted octanol–water partition coefficient (Wildman–Crippen LogP) is 1.16. The topological polar surface area (TPSA) is 96.4 Å². The number of carboxylic acids is 1. The van der Waals surface area contributed by atoms with Crippen molar-refractivity contribution in [3.63, 3.8) is 0 Å². The lowest BCUT2D eigenvalue weighted by Gasteiger charge is -2.22. The molecule has 1 saturated heterocycles. The third-order valence-electron chi connectivity index (χ3n) is 3.19. The zero-order valence-electron chi connectivity index (χ0n) is 10.4. The fourth-order valence-electron chi connectivity index (χ4n) is 2.12. The number of sulfone groups is 1. The van der Waals surface area contributed by atoms with Gasteiger partial charge in [0.05, 0.1) is 11.0 Å². The van der Waals surface area contributed by atoms with Crippen LogP contribution in [0.3, 0.4) is 0 Å². The summed E-state index contributed by atoms with van der Waals surface area (Å²) in [6.07, 6.45) is 2.29. The summed E-state index contributed by atoms with van der Waals surface area (Å²) in [5.41, 5.74) is -0.0588. The van der Waals surface area contributed by atoms with Crippen LogP contribution < -0.4 is 5.32 Å². The molecule has 0 radical (unpaired) electrons. The maximum absolute atomic E-state index is 11.8. The van der Waals surface area contributed by atoms with Crippen LogP contribution in [0.4, 0.5) is 5.82 Å². The van der Waals surface area contributed by atoms with Crippen LogP contribution in [-0.2, 0) is 9.84 Å². The molecular formula is C12H16N2O4S. The fraction of sp³-hybridized carbons (Fsp3) is 0.500. The van der Waals surface area contributed by atoms with E-state index < -0.39 is 21.1 Å². The average Bonchev–Trinajstić information content (AvgIpc) is 2.37. The van der Waals surface area contributed by atoms with Crippen molar-refractivity contribution in [2.24, 2.45) is 0 Å². The summed E-state index contributed by atoms with van der Waals surface area (Å²) in [7, 11) is -3.03. The lowest BCUT2D eigenvalue weighted by atomic mass is 10.2. The average molecular weight is 284 g/mol. The maximum Gasteiger partial charge on any atom is 0.354 e. The molecule has 2 heterocycles. The molecule has 1 atom stereocenters. The molecule has 0 spiro atoms. The zero-order chi connectivity index (χ0) is 13.9. The normalized spacial score (nSPS) is 21.8. The van der Waals surface area contributed by atoms with E-state index in [1.807, 2.05) is 0 Å². The summed E-state index contributed by atoms with van der Waals surface area (Å²) in [6.45, 7) is 0.276. The SMILES string of the molecule is O=C(O)c1cccc(NCC2CCCCS2(=O)=O)n1. The number of hydrogen-bond donors (Lipinski definition) is 2. The molecule has 1 aliphatic rings. The van der Waals surface area contributed by atoms with E-state index >= 15 is 0 Å². The van der Waals surface area contributed by atoms with Crippen LogP contribution in [0.1, 0.15) is 29.8 Å². The molecule has 1 aromatic rings. The van der Waals surface area contributed by atoms with Crippen LogP contribution in [0.5, 0.6) is 0 Å². The van der Waals surface area contributed by atoms with Gasteiger partial charge in [0, 0.05) is 6.54 Å². The highest BCUT2D eigenvalue weighted by atomic mass is 32.2. The van der Waals surface area contributed by atoms with E-state index in [-0.39, 0.29) is 18.0 Å². The van der Waals surface area contributed by atoms with Crippen LogP contribution in [-0.4, -0.2) is 42.0 Å². The molecule has 1 aliphatic heterocycles. The highest BCUT2D eigenvalue weighted by molar-refractivity contribution is 7.92.